The summed E-state index contributed by atoms with van der Waals surface area (Å²) in [4.78, 5) is 40.5. The van der Waals surface area contributed by atoms with Crippen LogP contribution in [-0.4, -0.2) is 66.5 Å². The van der Waals surface area contributed by atoms with Gasteiger partial charge in [-0.15, -0.1) is 0 Å². The summed E-state index contributed by atoms with van der Waals surface area (Å²) in [5.41, 5.74) is 1.85. The molecule has 1 saturated heterocycles. The number of carbonyl (C=O) groups excluding carboxylic acids is 3. The van der Waals surface area contributed by atoms with E-state index in [1.54, 1.807) is 6.07 Å². The van der Waals surface area contributed by atoms with Crippen molar-refractivity contribution < 1.29 is 42.9 Å². The maximum absolute atomic E-state index is 14.1. The molecule has 0 aliphatic carbocycles. The van der Waals surface area contributed by atoms with Gasteiger partial charge in [0.05, 0.1) is 36.3 Å². The lowest BCUT2D eigenvalue weighted by Crippen LogP contribution is -2.47. The van der Waals surface area contributed by atoms with Crippen LogP contribution >= 0.6 is 15.9 Å². The quantitative estimate of drug-likeness (QED) is 0.133. The van der Waals surface area contributed by atoms with E-state index in [-0.39, 0.29) is 37.9 Å². The molecule has 1 aliphatic heterocycles. The van der Waals surface area contributed by atoms with E-state index < -0.39 is 42.1 Å². The summed E-state index contributed by atoms with van der Waals surface area (Å²) < 4.78 is 29.4. The Hall–Kier alpha value is -3.51. The molecule has 11 heteroatoms. The third-order valence-corrected chi connectivity index (χ3v) is 8.44. The minimum atomic E-state index is -1.10. The highest BCUT2D eigenvalue weighted by Crippen LogP contribution is 2.37. The van der Waals surface area contributed by atoms with Gasteiger partial charge in [0.15, 0.2) is 6.10 Å². The molecule has 4 atom stereocenters. The Labute approximate surface area is 278 Å². The first-order chi connectivity index (χ1) is 22.2. The summed E-state index contributed by atoms with van der Waals surface area (Å²) >= 11 is 3.56. The minimum Gasteiger partial charge on any atom is -0.461 e. The molecule has 4 unspecified atom stereocenters. The highest BCUT2D eigenvalue weighted by atomic mass is 79.9. The van der Waals surface area contributed by atoms with Crippen molar-refractivity contribution in [3.05, 3.63) is 93.9 Å². The Morgan fingerprint density at radius 3 is 2.37 bits per heavy atom. The first kappa shape index (κ1) is 35.3. The Bertz CT molecular complexity index is 1410. The van der Waals surface area contributed by atoms with Crippen molar-refractivity contribution in [3.8, 4) is 0 Å². The van der Waals surface area contributed by atoms with Gasteiger partial charge in [0, 0.05) is 20.0 Å². The molecule has 10 nitrogen and oxygen atoms in total. The van der Waals surface area contributed by atoms with Crippen LogP contribution in [0.1, 0.15) is 55.9 Å². The lowest BCUT2D eigenvalue weighted by molar-refractivity contribution is -0.155. The number of imide groups is 1. The fraction of sp³-hybridized carbons (Fsp3) is 0.457. The van der Waals surface area contributed by atoms with E-state index in [1.807, 2.05) is 74.5 Å². The van der Waals surface area contributed by atoms with Crippen LogP contribution in [0.2, 0.25) is 0 Å². The van der Waals surface area contributed by atoms with Gasteiger partial charge in [-0.3, -0.25) is 9.59 Å². The van der Waals surface area contributed by atoms with Crippen LogP contribution in [0.15, 0.2) is 75.6 Å². The zero-order valence-corrected chi connectivity index (χ0v) is 28.0. The van der Waals surface area contributed by atoms with Crippen molar-refractivity contribution in [2.75, 3.05) is 26.4 Å². The Morgan fingerprint density at radius 2 is 1.74 bits per heavy atom. The van der Waals surface area contributed by atoms with Crippen LogP contribution in [0.5, 0.6) is 0 Å². The molecular weight excluding hydrogens is 658 g/mol. The lowest BCUT2D eigenvalue weighted by Gasteiger charge is -2.30. The number of halogens is 1. The van der Waals surface area contributed by atoms with Crippen LogP contribution in [0.3, 0.4) is 0 Å². The van der Waals surface area contributed by atoms with Crippen LogP contribution in [0.25, 0.3) is 0 Å². The normalized spacial score (nSPS) is 16.7. The van der Waals surface area contributed by atoms with Crippen molar-refractivity contribution in [3.63, 3.8) is 0 Å². The van der Waals surface area contributed by atoms with Gasteiger partial charge in [-0.25, -0.2) is 9.69 Å². The van der Waals surface area contributed by atoms with E-state index in [0.717, 1.165) is 16.0 Å². The van der Waals surface area contributed by atoms with Crippen molar-refractivity contribution in [1.82, 2.24) is 4.90 Å². The number of cyclic esters (lactones) is 1. The van der Waals surface area contributed by atoms with E-state index in [1.165, 1.54) is 6.92 Å². The lowest BCUT2D eigenvalue weighted by atomic mass is 9.90. The molecule has 0 radical (unpaired) electrons. The Kier molecular flexibility index (Phi) is 13.4. The molecule has 2 heterocycles. The maximum Gasteiger partial charge on any atom is 0.416 e. The molecule has 4 rings (SSSR count). The van der Waals surface area contributed by atoms with Gasteiger partial charge in [-0.2, -0.15) is 0 Å². The number of furan rings is 1. The number of esters is 1. The molecule has 2 aromatic carbocycles. The average molecular weight is 701 g/mol. The SMILES string of the molecule is CC(=O)OC(c1cc(Br)c(CCCOCC(CO)OCc2ccccc2)o1)C(Cc1ccccc1)C(=O)N1C(=O)OCC1C(C)C. The molecule has 1 aliphatic rings. The molecule has 3 aromatic rings. The van der Waals surface area contributed by atoms with Gasteiger partial charge in [0.1, 0.15) is 24.2 Å². The number of amides is 2. The number of nitrogens with zero attached hydrogens (tertiary/aromatic N) is 1. The minimum absolute atomic E-state index is 0.0328. The fourth-order valence-electron chi connectivity index (χ4n) is 5.30. The third-order valence-electron chi connectivity index (χ3n) is 7.77. The standard InChI is InChI=1S/C35H42BrNO9/c1-23(2)30-22-44-35(41)37(30)34(40)28(17-25-11-6-4-7-12-25)33(45-24(3)39)32-18-29(36)31(46-32)15-10-16-42-21-27(19-38)43-20-26-13-8-5-9-14-26/h4-9,11-14,18,23,27-28,30,33,38H,10,15-17,19-22H2,1-3H3. The summed E-state index contributed by atoms with van der Waals surface area (Å²) in [7, 11) is 0. The molecule has 0 saturated carbocycles. The summed E-state index contributed by atoms with van der Waals surface area (Å²) in [5.74, 6) is -1.19. The maximum atomic E-state index is 14.1. The molecule has 0 spiro atoms. The van der Waals surface area contributed by atoms with Crippen molar-refractivity contribution in [1.29, 1.82) is 0 Å². The van der Waals surface area contributed by atoms with Gasteiger partial charge in [-0.05, 0) is 51.9 Å². The molecule has 2 amide bonds. The predicted octanol–water partition coefficient (Wildman–Crippen LogP) is 6.04. The van der Waals surface area contributed by atoms with Crippen LogP contribution in [0.4, 0.5) is 4.79 Å². The van der Waals surface area contributed by atoms with Gasteiger partial charge < -0.3 is 28.5 Å². The summed E-state index contributed by atoms with van der Waals surface area (Å²) in [5, 5.41) is 9.68. The summed E-state index contributed by atoms with van der Waals surface area (Å²) in [6.45, 7) is 6.08. The highest BCUT2D eigenvalue weighted by Gasteiger charge is 2.46. The topological polar surface area (TPSA) is 125 Å². The van der Waals surface area contributed by atoms with Crippen molar-refractivity contribution >= 4 is 33.9 Å². The third kappa shape index (κ3) is 9.75. The number of carbonyl (C=O) groups is 3. The van der Waals surface area contributed by atoms with E-state index >= 15 is 0 Å². The molecule has 46 heavy (non-hydrogen) atoms. The van der Waals surface area contributed by atoms with Crippen LogP contribution in [0, 0.1) is 11.8 Å². The zero-order valence-electron chi connectivity index (χ0n) is 26.4. The van der Waals surface area contributed by atoms with E-state index in [4.69, 9.17) is 23.4 Å². The number of ether oxygens (including phenoxy) is 4. The first-order valence-electron chi connectivity index (χ1n) is 15.5. The number of hydrogen-bond acceptors (Lipinski definition) is 9. The van der Waals surface area contributed by atoms with Crippen molar-refractivity contribution in [2.24, 2.45) is 11.8 Å². The van der Waals surface area contributed by atoms with Gasteiger partial charge in [0.25, 0.3) is 0 Å². The average Bonchev–Trinajstić information content (AvgIpc) is 3.62. The molecule has 1 aromatic heterocycles. The second kappa shape index (κ2) is 17.4. The fourth-order valence-corrected chi connectivity index (χ4v) is 5.80. The van der Waals surface area contributed by atoms with Crippen molar-refractivity contribution in [2.45, 2.75) is 64.9 Å². The van der Waals surface area contributed by atoms with Gasteiger partial charge in [-0.1, -0.05) is 74.5 Å². The molecule has 1 N–H and O–H groups in total. The van der Waals surface area contributed by atoms with E-state index in [9.17, 15) is 19.5 Å². The molecule has 248 valence electrons. The monoisotopic (exact) mass is 699 g/mol. The predicted molar refractivity (Wildman–Crippen MR) is 173 cm³/mol. The first-order valence-corrected chi connectivity index (χ1v) is 16.3. The zero-order chi connectivity index (χ0) is 33.1. The highest BCUT2D eigenvalue weighted by molar-refractivity contribution is 9.10. The molecule has 0 bridgehead atoms. The summed E-state index contributed by atoms with van der Waals surface area (Å²) in [6.07, 6.45) is -0.964. The van der Waals surface area contributed by atoms with Gasteiger partial charge in [0.2, 0.25) is 5.91 Å². The molecular formula is C35H42BrNO9. The largest absolute Gasteiger partial charge is 0.461 e. The van der Waals surface area contributed by atoms with Crippen LogP contribution < -0.4 is 0 Å². The Morgan fingerprint density at radius 1 is 1.07 bits per heavy atom. The number of rotatable bonds is 17. The second-order valence-electron chi connectivity index (χ2n) is 11.6. The van der Waals surface area contributed by atoms with Crippen LogP contribution in [-0.2, 0) is 48.0 Å². The number of aliphatic hydroxyl groups is 1. The smallest absolute Gasteiger partial charge is 0.416 e. The number of aryl methyl sites for hydroxylation is 1. The van der Waals surface area contributed by atoms with E-state index in [0.29, 0.717) is 36.3 Å². The molecule has 1 fully saturated rings. The summed E-state index contributed by atoms with van der Waals surface area (Å²) in [6, 6.07) is 20.3. The number of benzene rings is 2. The van der Waals surface area contributed by atoms with Gasteiger partial charge >= 0.3 is 12.1 Å². The van der Waals surface area contributed by atoms with E-state index in [2.05, 4.69) is 15.9 Å². The second-order valence-corrected chi connectivity index (χ2v) is 12.5. The number of hydrogen-bond donors (Lipinski definition) is 1. The Balaban J connectivity index is 1.45. The number of aliphatic hydroxyl groups excluding tert-OH is 1.